The molecule has 1 aliphatic rings. The average Bonchev–Trinajstić information content (AvgIpc) is 3.16. The van der Waals surface area contributed by atoms with E-state index in [4.69, 9.17) is 15.0 Å². The van der Waals surface area contributed by atoms with Crippen molar-refractivity contribution in [3.8, 4) is 55.9 Å². The number of rotatable bonds is 5. The number of aromatic nitrogens is 3. The molecule has 0 fully saturated rings. The predicted molar refractivity (Wildman–Crippen MR) is 193 cm³/mol. The summed E-state index contributed by atoms with van der Waals surface area (Å²) in [7, 11) is 0. The minimum absolute atomic E-state index is 0.872. The number of benzene rings is 6. The fourth-order valence-electron chi connectivity index (χ4n) is 6.66. The molecule has 0 atom stereocenters. The first kappa shape index (κ1) is 27.0. The molecule has 220 valence electrons. The van der Waals surface area contributed by atoms with Crippen LogP contribution in [0.2, 0.25) is 0 Å². The molecule has 0 N–H and O–H groups in total. The van der Waals surface area contributed by atoms with Crippen LogP contribution in [0, 0.1) is 0 Å². The van der Waals surface area contributed by atoms with Gasteiger partial charge >= 0.3 is 0 Å². The fraction of sp³-hybridized carbons (Fsp3) is 0. The molecule has 0 saturated heterocycles. The van der Waals surface area contributed by atoms with Crippen molar-refractivity contribution in [2.24, 2.45) is 0 Å². The maximum absolute atomic E-state index is 5.20. The Morgan fingerprint density at radius 2 is 1.00 bits per heavy atom. The summed E-state index contributed by atoms with van der Waals surface area (Å²) >= 11 is 0. The lowest BCUT2D eigenvalue weighted by molar-refractivity contribution is 1.14. The summed E-state index contributed by atoms with van der Waals surface area (Å²) in [6.45, 7) is 0. The van der Waals surface area contributed by atoms with Gasteiger partial charge in [0.25, 0.3) is 0 Å². The van der Waals surface area contributed by atoms with E-state index in [9.17, 15) is 0 Å². The zero-order chi connectivity index (χ0) is 31.2. The number of hydrogen-bond donors (Lipinski definition) is 0. The number of para-hydroxylation sites is 1. The highest BCUT2D eigenvalue weighted by Gasteiger charge is 2.28. The molecule has 4 nitrogen and oxygen atoms in total. The molecule has 0 amide bonds. The van der Waals surface area contributed by atoms with Crippen LogP contribution in [0.5, 0.6) is 0 Å². The first-order valence-corrected chi connectivity index (χ1v) is 15.8. The van der Waals surface area contributed by atoms with E-state index < -0.39 is 0 Å². The molecule has 0 bridgehead atoms. The van der Waals surface area contributed by atoms with Crippen molar-refractivity contribution in [3.63, 3.8) is 0 Å². The molecule has 0 aliphatic carbocycles. The third-order valence-corrected chi connectivity index (χ3v) is 8.87. The lowest BCUT2D eigenvalue weighted by Gasteiger charge is -2.32. The normalized spacial score (nSPS) is 11.8. The van der Waals surface area contributed by atoms with Crippen LogP contribution in [0.1, 0.15) is 0 Å². The topological polar surface area (TPSA) is 41.9 Å². The number of anilines is 3. The molecule has 0 unspecified atom stereocenters. The van der Waals surface area contributed by atoms with Crippen molar-refractivity contribution in [1.82, 2.24) is 15.0 Å². The molecule has 0 radical (unpaired) electrons. The van der Waals surface area contributed by atoms with Gasteiger partial charge in [-0.15, -0.1) is 0 Å². The Hall–Kier alpha value is -6.39. The van der Waals surface area contributed by atoms with Gasteiger partial charge in [0.05, 0.1) is 28.0 Å². The molecule has 0 saturated carbocycles. The van der Waals surface area contributed by atoms with Crippen molar-refractivity contribution in [2.75, 3.05) is 4.90 Å². The lowest BCUT2D eigenvalue weighted by Crippen LogP contribution is -2.17. The van der Waals surface area contributed by atoms with E-state index in [2.05, 4.69) is 150 Å². The zero-order valence-corrected chi connectivity index (χ0v) is 25.5. The Labute approximate surface area is 273 Å². The van der Waals surface area contributed by atoms with Gasteiger partial charge in [0.1, 0.15) is 12.1 Å². The van der Waals surface area contributed by atoms with E-state index in [0.717, 1.165) is 78.4 Å². The maximum Gasteiger partial charge on any atom is 0.149 e. The van der Waals surface area contributed by atoms with Crippen molar-refractivity contribution < 1.29 is 0 Å². The minimum atomic E-state index is 0.872. The maximum atomic E-state index is 5.20. The van der Waals surface area contributed by atoms with Crippen molar-refractivity contribution in [3.05, 3.63) is 170 Å². The minimum Gasteiger partial charge on any atom is -0.294 e. The number of hydrogen-bond acceptors (Lipinski definition) is 4. The molecule has 4 heteroatoms. The predicted octanol–water partition coefficient (Wildman–Crippen LogP) is 11.1. The molecule has 8 aromatic rings. The van der Waals surface area contributed by atoms with Gasteiger partial charge in [-0.25, -0.2) is 15.0 Å². The molecule has 2 aromatic heterocycles. The Morgan fingerprint density at radius 3 is 1.72 bits per heavy atom. The van der Waals surface area contributed by atoms with Gasteiger partial charge in [0, 0.05) is 22.4 Å². The third-order valence-electron chi connectivity index (χ3n) is 8.87. The molecule has 0 spiro atoms. The standard InChI is InChI=1S/C43H28N4/c1-4-13-29(14-5-1)33-24-37-36-21-10-11-22-41(36)47(43-42(37)40(27-33)44-28-45-43)35-20-12-19-32(23-35)39-26-34(30-15-6-2-7-16-30)25-38(46-39)31-17-8-3-9-18-31/h1-28H. The quantitative estimate of drug-likeness (QED) is 0.197. The number of fused-ring (bicyclic) bond motifs is 2. The number of nitrogens with zero attached hydrogens (tertiary/aromatic N) is 4. The molecule has 1 aliphatic heterocycles. The van der Waals surface area contributed by atoms with Gasteiger partial charge in [-0.1, -0.05) is 121 Å². The largest absolute Gasteiger partial charge is 0.294 e. The third kappa shape index (κ3) is 4.75. The van der Waals surface area contributed by atoms with Gasteiger partial charge in [0.2, 0.25) is 0 Å². The molecule has 3 heterocycles. The Morgan fingerprint density at radius 1 is 0.404 bits per heavy atom. The molecule has 6 aromatic carbocycles. The van der Waals surface area contributed by atoms with Crippen LogP contribution in [0.15, 0.2) is 170 Å². The zero-order valence-electron chi connectivity index (χ0n) is 25.5. The second-order valence-electron chi connectivity index (χ2n) is 11.7. The second kappa shape index (κ2) is 11.2. The van der Waals surface area contributed by atoms with Crippen LogP contribution in [0.25, 0.3) is 66.8 Å². The highest BCUT2D eigenvalue weighted by molar-refractivity contribution is 6.12. The van der Waals surface area contributed by atoms with E-state index in [0.29, 0.717) is 0 Å². The monoisotopic (exact) mass is 600 g/mol. The van der Waals surface area contributed by atoms with Crippen LogP contribution in [-0.4, -0.2) is 15.0 Å². The summed E-state index contributed by atoms with van der Waals surface area (Å²) in [5, 5.41) is 1.05. The van der Waals surface area contributed by atoms with Gasteiger partial charge in [-0.05, 0) is 70.3 Å². The molecule has 47 heavy (non-hydrogen) atoms. The Balaban J connectivity index is 1.22. The van der Waals surface area contributed by atoms with E-state index in [1.807, 2.05) is 18.2 Å². The smallest absolute Gasteiger partial charge is 0.149 e. The van der Waals surface area contributed by atoms with Crippen LogP contribution in [0.3, 0.4) is 0 Å². The lowest BCUT2D eigenvalue weighted by atomic mass is 9.91. The molecular weight excluding hydrogens is 573 g/mol. The Bertz CT molecular complexity index is 2350. The van der Waals surface area contributed by atoms with E-state index in [1.54, 1.807) is 6.33 Å². The van der Waals surface area contributed by atoms with Crippen LogP contribution >= 0.6 is 0 Å². The first-order chi connectivity index (χ1) is 23.3. The summed E-state index contributed by atoms with van der Waals surface area (Å²) in [4.78, 5) is 17.1. The Kier molecular flexibility index (Phi) is 6.43. The summed E-state index contributed by atoms with van der Waals surface area (Å²) in [5.74, 6) is 0.872. The van der Waals surface area contributed by atoms with Crippen LogP contribution < -0.4 is 4.90 Å². The van der Waals surface area contributed by atoms with E-state index >= 15 is 0 Å². The molecule has 9 rings (SSSR count). The van der Waals surface area contributed by atoms with Gasteiger partial charge in [-0.3, -0.25) is 4.90 Å². The van der Waals surface area contributed by atoms with Crippen LogP contribution in [-0.2, 0) is 0 Å². The fourth-order valence-corrected chi connectivity index (χ4v) is 6.66. The SMILES string of the molecule is c1ccc(-c2cc(-c3ccccc3)nc(-c3cccc(N4c5ccccc5-c5cc(-c6ccccc6)cc6ncnc4c56)c3)c2)cc1. The van der Waals surface area contributed by atoms with Gasteiger partial charge in [0.15, 0.2) is 0 Å². The van der Waals surface area contributed by atoms with Gasteiger partial charge < -0.3 is 0 Å². The van der Waals surface area contributed by atoms with Crippen molar-refractivity contribution in [2.45, 2.75) is 0 Å². The summed E-state index contributed by atoms with van der Waals surface area (Å²) < 4.78 is 0. The van der Waals surface area contributed by atoms with Crippen LogP contribution in [0.4, 0.5) is 17.2 Å². The van der Waals surface area contributed by atoms with E-state index in [-0.39, 0.29) is 0 Å². The van der Waals surface area contributed by atoms with Crippen molar-refractivity contribution >= 4 is 28.1 Å². The summed E-state index contributed by atoms with van der Waals surface area (Å²) in [6, 6.07) is 57.4. The molecular formula is C43H28N4. The van der Waals surface area contributed by atoms with Gasteiger partial charge in [-0.2, -0.15) is 0 Å². The highest BCUT2D eigenvalue weighted by Crippen LogP contribution is 2.50. The second-order valence-corrected chi connectivity index (χ2v) is 11.7. The summed E-state index contributed by atoms with van der Waals surface area (Å²) in [6.07, 6.45) is 1.68. The first-order valence-electron chi connectivity index (χ1n) is 15.8. The van der Waals surface area contributed by atoms with E-state index in [1.165, 1.54) is 5.56 Å². The number of pyridine rings is 1. The summed E-state index contributed by atoms with van der Waals surface area (Å²) in [5.41, 5.74) is 13.9. The average molecular weight is 601 g/mol. The van der Waals surface area contributed by atoms with Crippen molar-refractivity contribution in [1.29, 1.82) is 0 Å². The highest BCUT2D eigenvalue weighted by atomic mass is 15.2.